The van der Waals surface area contributed by atoms with E-state index in [1.54, 1.807) is 24.4 Å². The Morgan fingerprint density at radius 1 is 1.42 bits per heavy atom. The average molecular weight is 186 g/mol. The van der Waals surface area contributed by atoms with E-state index in [1.807, 2.05) is 0 Å². The molecule has 0 radical (unpaired) electrons. The van der Waals surface area contributed by atoms with Crippen molar-refractivity contribution in [2.45, 2.75) is 0 Å². The molecular formula is C7H8ClN3O. The Balaban J connectivity index is 0.000000720. The molecule has 4 nitrogen and oxygen atoms in total. The lowest BCUT2D eigenvalue weighted by Gasteiger charge is -1.93. The summed E-state index contributed by atoms with van der Waals surface area (Å²) in [6, 6.07) is 4.91. The number of nitrogen functional groups attached to an aromatic ring is 1. The van der Waals surface area contributed by atoms with Gasteiger partial charge in [0.2, 0.25) is 0 Å². The van der Waals surface area contributed by atoms with Gasteiger partial charge in [-0.25, -0.2) is 0 Å². The van der Waals surface area contributed by atoms with E-state index in [-0.39, 0.29) is 18.2 Å². The predicted molar refractivity (Wildman–Crippen MR) is 48.8 cm³/mol. The highest BCUT2D eigenvalue weighted by Gasteiger charge is 1.98. The number of halogens is 1. The molecule has 0 aliphatic carbocycles. The molecule has 12 heavy (non-hydrogen) atoms. The summed E-state index contributed by atoms with van der Waals surface area (Å²) in [5, 5.41) is 13.7. The van der Waals surface area contributed by atoms with Crippen LogP contribution in [-0.2, 0) is 0 Å². The van der Waals surface area contributed by atoms with Gasteiger partial charge in [-0.05, 0) is 18.2 Å². The Kier molecular flexibility index (Phi) is 2.10. The Morgan fingerprint density at radius 3 is 2.92 bits per heavy atom. The Hall–Kier alpha value is -1.42. The van der Waals surface area contributed by atoms with E-state index in [1.165, 1.54) is 4.79 Å². The number of hydrogen-bond acceptors (Lipinski definition) is 3. The molecule has 0 atom stereocenters. The van der Waals surface area contributed by atoms with E-state index in [2.05, 4.69) is 5.10 Å². The maximum Gasteiger partial charge on any atom is 0.116 e. The van der Waals surface area contributed by atoms with Gasteiger partial charge >= 0.3 is 0 Å². The molecule has 64 valence electrons. The monoisotopic (exact) mass is 185 g/mol. The lowest BCUT2D eigenvalue weighted by molar-refractivity contribution is 0.476. The van der Waals surface area contributed by atoms with Crippen LogP contribution < -0.4 is 5.84 Å². The zero-order valence-corrected chi connectivity index (χ0v) is 6.95. The number of phenolic OH excluding ortho intramolecular Hbond substituents is 1. The van der Waals surface area contributed by atoms with Crippen molar-refractivity contribution >= 4 is 23.3 Å². The molecule has 0 aliphatic rings. The molecule has 0 fully saturated rings. The van der Waals surface area contributed by atoms with Crippen molar-refractivity contribution in [2.24, 2.45) is 0 Å². The molecule has 1 heterocycles. The first-order valence-corrected chi connectivity index (χ1v) is 3.19. The minimum atomic E-state index is 0. The number of phenols is 1. The van der Waals surface area contributed by atoms with Crippen molar-refractivity contribution in [3.8, 4) is 5.75 Å². The van der Waals surface area contributed by atoms with Crippen LogP contribution in [0.4, 0.5) is 0 Å². The third kappa shape index (κ3) is 1.16. The van der Waals surface area contributed by atoms with Gasteiger partial charge in [0, 0.05) is 5.39 Å². The molecule has 3 N–H and O–H groups in total. The highest BCUT2D eigenvalue weighted by molar-refractivity contribution is 5.85. The second-order valence-electron chi connectivity index (χ2n) is 2.33. The molecular weight excluding hydrogens is 178 g/mol. The van der Waals surface area contributed by atoms with Crippen LogP contribution in [0.25, 0.3) is 10.9 Å². The van der Waals surface area contributed by atoms with Gasteiger partial charge in [-0.15, -0.1) is 12.4 Å². The second-order valence-corrected chi connectivity index (χ2v) is 2.33. The van der Waals surface area contributed by atoms with Crippen molar-refractivity contribution in [1.82, 2.24) is 9.89 Å². The molecule has 1 aromatic heterocycles. The fraction of sp³-hybridized carbons (Fsp3) is 0. The summed E-state index contributed by atoms with van der Waals surface area (Å²) in [5.41, 5.74) is 0.808. The van der Waals surface area contributed by atoms with Gasteiger partial charge in [0.1, 0.15) is 5.75 Å². The SMILES string of the molecule is Cl.Nn1ncc2cc(O)ccc21. The summed E-state index contributed by atoms with van der Waals surface area (Å²) < 4.78 is 0. The van der Waals surface area contributed by atoms with Gasteiger partial charge in [0.15, 0.2) is 0 Å². The molecule has 2 rings (SSSR count). The number of benzene rings is 1. The first-order chi connectivity index (χ1) is 5.27. The van der Waals surface area contributed by atoms with Crippen molar-refractivity contribution in [1.29, 1.82) is 0 Å². The summed E-state index contributed by atoms with van der Waals surface area (Å²) >= 11 is 0. The normalized spacial score (nSPS) is 9.67. The Labute approximate surface area is 75.0 Å². The summed E-state index contributed by atoms with van der Waals surface area (Å²) in [7, 11) is 0. The Morgan fingerprint density at radius 2 is 2.17 bits per heavy atom. The smallest absolute Gasteiger partial charge is 0.116 e. The topological polar surface area (TPSA) is 64.1 Å². The molecule has 5 heteroatoms. The number of aromatic hydroxyl groups is 1. The van der Waals surface area contributed by atoms with Crippen LogP contribution in [0.3, 0.4) is 0 Å². The van der Waals surface area contributed by atoms with Crippen LogP contribution in [0.1, 0.15) is 0 Å². The molecule has 0 aliphatic heterocycles. The lowest BCUT2D eigenvalue weighted by Crippen LogP contribution is -2.08. The third-order valence-electron chi connectivity index (χ3n) is 1.58. The maximum absolute atomic E-state index is 9.06. The fourth-order valence-electron chi connectivity index (χ4n) is 1.04. The number of fused-ring (bicyclic) bond motifs is 1. The first kappa shape index (κ1) is 8.67. The highest BCUT2D eigenvalue weighted by Crippen LogP contribution is 2.17. The number of aromatic nitrogens is 2. The van der Waals surface area contributed by atoms with Crippen molar-refractivity contribution in [3.63, 3.8) is 0 Å². The molecule has 0 unspecified atom stereocenters. The quantitative estimate of drug-likeness (QED) is 0.599. The zero-order valence-electron chi connectivity index (χ0n) is 6.14. The van der Waals surface area contributed by atoms with Crippen LogP contribution in [0.5, 0.6) is 5.75 Å². The van der Waals surface area contributed by atoms with Crippen LogP contribution in [0.2, 0.25) is 0 Å². The standard InChI is InChI=1S/C7H7N3O.ClH/c8-10-7-2-1-6(11)3-5(7)4-9-10;/h1-4,11H,8H2;1H. The Bertz CT molecular complexity index is 398. The molecule has 0 spiro atoms. The van der Waals surface area contributed by atoms with E-state index in [9.17, 15) is 0 Å². The van der Waals surface area contributed by atoms with Gasteiger partial charge < -0.3 is 10.9 Å². The van der Waals surface area contributed by atoms with Crippen LogP contribution >= 0.6 is 12.4 Å². The third-order valence-corrected chi connectivity index (χ3v) is 1.58. The van der Waals surface area contributed by atoms with E-state index < -0.39 is 0 Å². The van der Waals surface area contributed by atoms with Crippen molar-refractivity contribution in [2.75, 3.05) is 5.84 Å². The summed E-state index contributed by atoms with van der Waals surface area (Å²) in [6.07, 6.45) is 1.61. The number of hydrogen-bond donors (Lipinski definition) is 2. The summed E-state index contributed by atoms with van der Waals surface area (Å²) in [4.78, 5) is 1.27. The molecule has 0 saturated carbocycles. The van der Waals surface area contributed by atoms with Crippen molar-refractivity contribution in [3.05, 3.63) is 24.4 Å². The number of rotatable bonds is 0. The first-order valence-electron chi connectivity index (χ1n) is 3.19. The highest BCUT2D eigenvalue weighted by atomic mass is 35.5. The molecule has 2 aromatic rings. The van der Waals surface area contributed by atoms with E-state index in [0.717, 1.165) is 10.9 Å². The zero-order chi connectivity index (χ0) is 7.84. The molecule has 0 amide bonds. The van der Waals surface area contributed by atoms with Crippen LogP contribution in [0.15, 0.2) is 24.4 Å². The maximum atomic E-state index is 9.06. The summed E-state index contributed by atoms with van der Waals surface area (Å²) in [6.45, 7) is 0. The molecule has 0 bridgehead atoms. The van der Waals surface area contributed by atoms with E-state index in [0.29, 0.717) is 0 Å². The molecule has 0 saturated heterocycles. The van der Waals surface area contributed by atoms with E-state index >= 15 is 0 Å². The lowest BCUT2D eigenvalue weighted by atomic mass is 10.2. The predicted octanol–water partition coefficient (Wildman–Crippen LogP) is 0.877. The largest absolute Gasteiger partial charge is 0.508 e. The minimum absolute atomic E-state index is 0. The van der Waals surface area contributed by atoms with Gasteiger partial charge in [0.05, 0.1) is 11.7 Å². The fourth-order valence-corrected chi connectivity index (χ4v) is 1.04. The van der Waals surface area contributed by atoms with Gasteiger partial charge in [-0.1, -0.05) is 0 Å². The summed E-state index contributed by atoms with van der Waals surface area (Å²) in [5.74, 6) is 5.68. The van der Waals surface area contributed by atoms with E-state index in [4.69, 9.17) is 10.9 Å². The van der Waals surface area contributed by atoms with Crippen LogP contribution in [-0.4, -0.2) is 15.0 Å². The van der Waals surface area contributed by atoms with Gasteiger partial charge in [-0.2, -0.15) is 9.89 Å². The minimum Gasteiger partial charge on any atom is -0.508 e. The average Bonchev–Trinajstić information content (AvgIpc) is 2.32. The molecule has 1 aromatic carbocycles. The van der Waals surface area contributed by atoms with Crippen molar-refractivity contribution < 1.29 is 5.11 Å². The van der Waals surface area contributed by atoms with Gasteiger partial charge in [-0.3, -0.25) is 0 Å². The number of nitrogens with zero attached hydrogens (tertiary/aromatic N) is 2. The second kappa shape index (κ2) is 2.91. The van der Waals surface area contributed by atoms with Gasteiger partial charge in [0.25, 0.3) is 0 Å². The number of nitrogens with two attached hydrogens (primary N) is 1. The van der Waals surface area contributed by atoms with Crippen LogP contribution in [0, 0.1) is 0 Å².